The van der Waals surface area contributed by atoms with Crippen LogP contribution in [0.4, 0.5) is 0 Å². The topological polar surface area (TPSA) is 52.0 Å². The molecule has 0 bridgehead atoms. The molecule has 2 aromatic rings. The number of hydrogen-bond donors (Lipinski definition) is 2. The van der Waals surface area contributed by atoms with E-state index in [1.807, 2.05) is 12.1 Å². The van der Waals surface area contributed by atoms with Gasteiger partial charge in [-0.25, -0.2) is 0 Å². The third-order valence-electron chi connectivity index (χ3n) is 2.79. The van der Waals surface area contributed by atoms with Crippen LogP contribution in [-0.4, -0.2) is 9.03 Å². The summed E-state index contributed by atoms with van der Waals surface area (Å²) in [6.07, 6.45) is 1.83. The minimum atomic E-state index is 0.176. The second-order valence-corrected chi connectivity index (χ2v) is 7.25. The molecule has 19 heavy (non-hydrogen) atoms. The zero-order chi connectivity index (χ0) is 13.5. The van der Waals surface area contributed by atoms with Gasteiger partial charge in [-0.1, -0.05) is 0 Å². The molecule has 2 nitrogen and oxygen atoms in total. The number of rotatable bonds is 6. The van der Waals surface area contributed by atoms with E-state index in [-0.39, 0.29) is 9.03 Å². The predicted octanol–water partition coefficient (Wildman–Crippen LogP) is 2.12. The molecule has 0 aromatic heterocycles. The van der Waals surface area contributed by atoms with E-state index < -0.39 is 0 Å². The van der Waals surface area contributed by atoms with Crippen LogP contribution in [0.1, 0.15) is 11.1 Å². The van der Waals surface area contributed by atoms with Crippen LogP contribution in [0.15, 0.2) is 60.7 Å². The predicted molar refractivity (Wildman–Crippen MR) is 76.2 cm³/mol. The molecule has 0 amide bonds. The first-order chi connectivity index (χ1) is 9.24. The van der Waals surface area contributed by atoms with Crippen molar-refractivity contribution in [2.24, 2.45) is 11.5 Å². The van der Waals surface area contributed by atoms with Crippen LogP contribution in [0.5, 0.6) is 0 Å². The van der Waals surface area contributed by atoms with Gasteiger partial charge >= 0.3 is 123 Å². The molecular formula is C16H20N2Pd. The molecule has 4 N–H and O–H groups in total. The van der Waals surface area contributed by atoms with Crippen LogP contribution < -0.4 is 11.5 Å². The van der Waals surface area contributed by atoms with Crippen molar-refractivity contribution in [3.63, 3.8) is 0 Å². The fourth-order valence-corrected chi connectivity index (χ4v) is 3.85. The Hall–Kier alpha value is -0.978. The molecule has 2 aromatic carbocycles. The maximum atomic E-state index is 6.20. The monoisotopic (exact) mass is 346 g/mol. The Bertz CT molecular complexity index is 427. The normalized spacial score (nSPS) is 14.2. The van der Waals surface area contributed by atoms with E-state index in [2.05, 4.69) is 48.5 Å². The average molecular weight is 347 g/mol. The van der Waals surface area contributed by atoms with Crippen molar-refractivity contribution in [2.75, 3.05) is 0 Å². The van der Waals surface area contributed by atoms with Gasteiger partial charge in [-0.2, -0.15) is 0 Å². The van der Waals surface area contributed by atoms with E-state index in [1.54, 1.807) is 0 Å². The van der Waals surface area contributed by atoms with E-state index in [0.29, 0.717) is 18.0 Å². The molecular weight excluding hydrogens is 327 g/mol. The van der Waals surface area contributed by atoms with Crippen molar-refractivity contribution in [3.8, 4) is 0 Å². The molecule has 3 heteroatoms. The van der Waals surface area contributed by atoms with Gasteiger partial charge in [-0.05, 0) is 0 Å². The van der Waals surface area contributed by atoms with E-state index >= 15 is 0 Å². The van der Waals surface area contributed by atoms with Crippen molar-refractivity contribution < 1.29 is 18.0 Å². The summed E-state index contributed by atoms with van der Waals surface area (Å²) in [5.74, 6) is 0. The van der Waals surface area contributed by atoms with Crippen LogP contribution in [-0.2, 0) is 30.8 Å². The summed E-state index contributed by atoms with van der Waals surface area (Å²) in [4.78, 5) is 0. The van der Waals surface area contributed by atoms with Crippen molar-refractivity contribution in [2.45, 2.75) is 21.9 Å². The van der Waals surface area contributed by atoms with Crippen molar-refractivity contribution in [1.29, 1.82) is 0 Å². The number of hydrogen-bond acceptors (Lipinski definition) is 2. The summed E-state index contributed by atoms with van der Waals surface area (Å²) >= 11 is 0.375. The maximum absolute atomic E-state index is 6.20. The van der Waals surface area contributed by atoms with Crippen molar-refractivity contribution >= 4 is 0 Å². The van der Waals surface area contributed by atoms with Crippen LogP contribution in [0.2, 0.25) is 0 Å². The molecule has 0 saturated heterocycles. The average Bonchev–Trinajstić information content (AvgIpc) is 2.40. The summed E-state index contributed by atoms with van der Waals surface area (Å²) < 4.78 is 0.352. The van der Waals surface area contributed by atoms with Gasteiger partial charge in [0.05, 0.1) is 0 Å². The summed E-state index contributed by atoms with van der Waals surface area (Å²) in [5, 5.41) is 0. The van der Waals surface area contributed by atoms with Gasteiger partial charge in [0.2, 0.25) is 0 Å². The molecule has 0 heterocycles. The zero-order valence-electron chi connectivity index (χ0n) is 10.8. The van der Waals surface area contributed by atoms with E-state index in [1.165, 1.54) is 11.1 Å². The molecule has 0 spiro atoms. The van der Waals surface area contributed by atoms with E-state index in [4.69, 9.17) is 11.5 Å². The third kappa shape index (κ3) is 5.26. The summed E-state index contributed by atoms with van der Waals surface area (Å²) in [6.45, 7) is 0. The van der Waals surface area contributed by atoms with Crippen molar-refractivity contribution in [1.82, 2.24) is 0 Å². The van der Waals surface area contributed by atoms with E-state index in [0.717, 1.165) is 12.8 Å². The molecule has 0 fully saturated rings. The van der Waals surface area contributed by atoms with Crippen LogP contribution in [0.3, 0.4) is 0 Å². The fourth-order valence-electron chi connectivity index (χ4n) is 1.90. The van der Waals surface area contributed by atoms with Crippen LogP contribution >= 0.6 is 0 Å². The van der Waals surface area contributed by atoms with Gasteiger partial charge in [0.15, 0.2) is 0 Å². The van der Waals surface area contributed by atoms with Gasteiger partial charge in [-0.15, -0.1) is 0 Å². The Morgan fingerprint density at radius 2 is 1.05 bits per heavy atom. The summed E-state index contributed by atoms with van der Waals surface area (Å²) in [6, 6.07) is 20.8. The number of benzene rings is 2. The van der Waals surface area contributed by atoms with Gasteiger partial charge in [0.25, 0.3) is 0 Å². The second kappa shape index (κ2) is 7.57. The zero-order valence-corrected chi connectivity index (χ0v) is 12.4. The molecule has 2 atom stereocenters. The van der Waals surface area contributed by atoms with Crippen LogP contribution in [0, 0.1) is 0 Å². The van der Waals surface area contributed by atoms with Gasteiger partial charge in [0, 0.05) is 0 Å². The van der Waals surface area contributed by atoms with Gasteiger partial charge in [-0.3, -0.25) is 0 Å². The Kier molecular flexibility index (Phi) is 5.75. The Morgan fingerprint density at radius 1 is 0.684 bits per heavy atom. The molecule has 0 aliphatic rings. The molecule has 2 rings (SSSR count). The first kappa shape index (κ1) is 14.4. The SMILES string of the molecule is N[CH](Cc1ccccc1)[Pd][CH](N)Cc1ccccc1. The molecule has 0 saturated carbocycles. The fraction of sp³-hybridized carbons (Fsp3) is 0.250. The Morgan fingerprint density at radius 3 is 1.42 bits per heavy atom. The summed E-state index contributed by atoms with van der Waals surface area (Å²) in [5.41, 5.74) is 15.0. The van der Waals surface area contributed by atoms with E-state index in [9.17, 15) is 0 Å². The Labute approximate surface area is 123 Å². The molecule has 104 valence electrons. The second-order valence-electron chi connectivity index (χ2n) is 4.43. The van der Waals surface area contributed by atoms with Crippen LogP contribution in [0.25, 0.3) is 0 Å². The number of nitrogens with two attached hydrogens (primary N) is 2. The van der Waals surface area contributed by atoms with Crippen molar-refractivity contribution in [3.05, 3.63) is 71.8 Å². The van der Waals surface area contributed by atoms with Gasteiger partial charge in [0.1, 0.15) is 0 Å². The molecule has 0 radical (unpaired) electrons. The third-order valence-corrected chi connectivity index (χ3v) is 4.76. The van der Waals surface area contributed by atoms with Gasteiger partial charge < -0.3 is 0 Å². The first-order valence-corrected chi connectivity index (χ1v) is 8.17. The first-order valence-electron chi connectivity index (χ1n) is 6.38. The Balaban J connectivity index is 1.80. The quantitative estimate of drug-likeness (QED) is 0.787. The summed E-state index contributed by atoms with van der Waals surface area (Å²) in [7, 11) is 0. The standard InChI is InChI=1S/2C8H10N.Pd/c2*9-7-6-8-4-2-1-3-5-8;/h2*1-5,7H,6,9H2;. The molecule has 2 unspecified atom stereocenters. The molecule has 0 aliphatic carbocycles. The molecule has 0 aliphatic heterocycles. The minimum absolute atomic E-state index is 0.176.